The van der Waals surface area contributed by atoms with Crippen LogP contribution in [0.15, 0.2) is 28.9 Å². The smallest absolute Gasteiger partial charge is 0.462 e. The number of fused-ring (bicyclic) bond motifs is 2. The van der Waals surface area contributed by atoms with Gasteiger partial charge in [-0.1, -0.05) is 23.7 Å². The molecule has 1 aromatic heterocycles. The molecule has 26 heavy (non-hydrogen) atoms. The van der Waals surface area contributed by atoms with Gasteiger partial charge in [-0.15, -0.1) is 0 Å². The Balaban J connectivity index is 1.47. The second-order valence-corrected chi connectivity index (χ2v) is 10.6. The van der Waals surface area contributed by atoms with E-state index in [1.54, 1.807) is 12.1 Å². The molecule has 4 N–H and O–H groups in total. The van der Waals surface area contributed by atoms with Gasteiger partial charge in [0, 0.05) is 10.9 Å². The van der Waals surface area contributed by atoms with E-state index in [9.17, 15) is 19.9 Å². The van der Waals surface area contributed by atoms with Crippen LogP contribution < -0.4 is 5.32 Å². The van der Waals surface area contributed by atoms with Gasteiger partial charge in [0.1, 0.15) is 0 Å². The molecule has 1 saturated heterocycles. The predicted octanol–water partition coefficient (Wildman–Crippen LogP) is 0.585. The van der Waals surface area contributed by atoms with Gasteiger partial charge in [-0.05, 0) is 43.2 Å². The van der Waals surface area contributed by atoms with E-state index in [4.69, 9.17) is 16.0 Å². The fraction of sp³-hybridized carbons (Fsp3) is 0.471. The van der Waals surface area contributed by atoms with Gasteiger partial charge in [0.2, 0.25) is 5.91 Å². The quantitative estimate of drug-likeness (QED) is 0.557. The van der Waals surface area contributed by atoms with Crippen molar-refractivity contribution in [1.29, 1.82) is 0 Å². The van der Waals surface area contributed by atoms with Crippen LogP contribution in [-0.4, -0.2) is 48.9 Å². The number of para-hydroxylation sites is 1. The molecule has 2 aliphatic rings. The lowest BCUT2D eigenvalue weighted by molar-refractivity contribution is -0.121. The number of nitrogens with one attached hydrogen (secondary N) is 1. The molecular formula is C17H21BClNO5Si. The number of furan rings is 1. The zero-order valence-corrected chi connectivity index (χ0v) is 16.4. The summed E-state index contributed by atoms with van der Waals surface area (Å²) < 4.78 is 5.48. The Morgan fingerprint density at radius 2 is 2.31 bits per heavy atom. The number of benzene rings is 1. The lowest BCUT2D eigenvalue weighted by Gasteiger charge is -2.40. The molecule has 2 heterocycles. The summed E-state index contributed by atoms with van der Waals surface area (Å²) in [7, 11) is -2.63. The van der Waals surface area contributed by atoms with E-state index in [2.05, 4.69) is 5.32 Å². The van der Waals surface area contributed by atoms with Crippen molar-refractivity contribution >= 4 is 45.1 Å². The molecule has 1 saturated carbocycles. The number of halogens is 1. The predicted molar refractivity (Wildman–Crippen MR) is 102 cm³/mol. The van der Waals surface area contributed by atoms with Gasteiger partial charge in [0.15, 0.2) is 5.58 Å². The Bertz CT molecular complexity index is 846. The molecule has 9 heteroatoms. The minimum absolute atomic E-state index is 0.149. The molecule has 1 unspecified atom stereocenters. The molecule has 1 aliphatic carbocycles. The largest absolute Gasteiger partial charge is 0.475 e. The van der Waals surface area contributed by atoms with E-state index in [1.807, 2.05) is 6.07 Å². The molecule has 2 aromatic rings. The van der Waals surface area contributed by atoms with Crippen molar-refractivity contribution in [2.24, 2.45) is 5.92 Å². The highest BCUT2D eigenvalue weighted by Gasteiger charge is 2.54. The van der Waals surface area contributed by atoms with Crippen molar-refractivity contribution < 1.29 is 24.4 Å². The number of hydrogen-bond acceptors (Lipinski definition) is 5. The van der Waals surface area contributed by atoms with Crippen molar-refractivity contribution in [1.82, 2.24) is 5.32 Å². The number of aliphatic hydroxyl groups is 1. The lowest BCUT2D eigenvalue weighted by Crippen LogP contribution is -2.50. The molecule has 4 rings (SSSR count). The average molecular weight is 394 g/mol. The summed E-state index contributed by atoms with van der Waals surface area (Å²) in [6.07, 6.45) is 4.26. The number of amides is 1. The van der Waals surface area contributed by atoms with Crippen LogP contribution in [0.1, 0.15) is 24.8 Å². The second-order valence-electron chi connectivity index (χ2n) is 7.59. The van der Waals surface area contributed by atoms with Gasteiger partial charge in [0.25, 0.3) is 0 Å². The molecule has 0 bridgehead atoms. The third kappa shape index (κ3) is 3.10. The third-order valence-electron chi connectivity index (χ3n) is 5.98. The van der Waals surface area contributed by atoms with Crippen LogP contribution in [0.4, 0.5) is 0 Å². The standard InChI is InChI=1S/C17H21BClNO5Si/c19-12-3-1-2-11-9(8-25-15(11)12)6-14(18(23)24)20-16(21)13-7-10-4-5-17(10,22)26-13/h1-3,8,10,13-14,22-24H,4-7,26H2,(H,20,21)/t10-,13+,14+,17?/m1/s1. The van der Waals surface area contributed by atoms with Gasteiger partial charge < -0.3 is 24.9 Å². The molecule has 1 aliphatic heterocycles. The summed E-state index contributed by atoms with van der Waals surface area (Å²) in [6.45, 7) is 0. The van der Waals surface area contributed by atoms with E-state index in [-0.39, 0.29) is 23.8 Å². The first-order valence-corrected chi connectivity index (χ1v) is 10.8. The maximum atomic E-state index is 12.6. The van der Waals surface area contributed by atoms with E-state index in [0.29, 0.717) is 17.0 Å². The summed E-state index contributed by atoms with van der Waals surface area (Å²) in [6, 6.07) is 5.37. The third-order valence-corrected chi connectivity index (χ3v) is 9.12. The molecule has 1 aromatic carbocycles. The summed E-state index contributed by atoms with van der Waals surface area (Å²) >= 11 is 6.10. The van der Waals surface area contributed by atoms with Gasteiger partial charge in [-0.2, -0.15) is 0 Å². The topological polar surface area (TPSA) is 103 Å². The van der Waals surface area contributed by atoms with E-state index in [0.717, 1.165) is 23.8 Å². The first-order chi connectivity index (χ1) is 12.4. The van der Waals surface area contributed by atoms with E-state index < -0.39 is 27.8 Å². The fourth-order valence-corrected chi connectivity index (χ4v) is 7.40. The molecular weight excluding hydrogens is 373 g/mol. The van der Waals surface area contributed by atoms with Gasteiger partial charge in [-0.3, -0.25) is 4.79 Å². The molecule has 138 valence electrons. The van der Waals surface area contributed by atoms with Crippen molar-refractivity contribution in [3.8, 4) is 0 Å². The molecule has 2 fully saturated rings. The number of hydrogen-bond donors (Lipinski definition) is 4. The van der Waals surface area contributed by atoms with Crippen LogP contribution in [-0.2, 0) is 11.2 Å². The van der Waals surface area contributed by atoms with Crippen LogP contribution in [0, 0.1) is 5.92 Å². The summed E-state index contributed by atoms with van der Waals surface area (Å²) in [5, 5.41) is 33.4. The minimum atomic E-state index is -1.69. The van der Waals surface area contributed by atoms with Crippen LogP contribution in [0.3, 0.4) is 0 Å². The Labute approximate surface area is 158 Å². The summed E-state index contributed by atoms with van der Waals surface area (Å²) in [5.41, 5.74) is 1.15. The summed E-state index contributed by atoms with van der Waals surface area (Å²) in [5.74, 6) is -0.769. The Morgan fingerprint density at radius 1 is 1.50 bits per heavy atom. The number of carbonyl (C=O) groups is 1. The fourth-order valence-electron chi connectivity index (χ4n) is 4.34. The molecule has 4 atom stereocenters. The normalized spacial score (nSPS) is 29.4. The maximum absolute atomic E-state index is 12.6. The van der Waals surface area contributed by atoms with Gasteiger partial charge >= 0.3 is 7.12 Å². The highest BCUT2D eigenvalue weighted by Crippen LogP contribution is 2.50. The first kappa shape index (κ1) is 18.1. The molecule has 6 nitrogen and oxygen atoms in total. The van der Waals surface area contributed by atoms with E-state index in [1.165, 1.54) is 6.26 Å². The van der Waals surface area contributed by atoms with Crippen molar-refractivity contribution in [2.45, 2.75) is 42.4 Å². The lowest BCUT2D eigenvalue weighted by atomic mass is 9.75. The van der Waals surface area contributed by atoms with Crippen LogP contribution in [0.2, 0.25) is 10.6 Å². The Morgan fingerprint density at radius 3 is 2.92 bits per heavy atom. The van der Waals surface area contributed by atoms with E-state index >= 15 is 0 Å². The number of carbonyl (C=O) groups excluding carboxylic acids is 1. The van der Waals surface area contributed by atoms with Crippen LogP contribution in [0.5, 0.6) is 0 Å². The highest BCUT2D eigenvalue weighted by molar-refractivity contribution is 6.50. The van der Waals surface area contributed by atoms with Crippen molar-refractivity contribution in [3.05, 3.63) is 35.0 Å². The zero-order chi connectivity index (χ0) is 18.5. The number of rotatable bonds is 5. The second kappa shape index (κ2) is 6.69. The van der Waals surface area contributed by atoms with Gasteiger partial charge in [0.05, 0.1) is 32.0 Å². The molecule has 0 spiro atoms. The zero-order valence-electron chi connectivity index (χ0n) is 14.2. The monoisotopic (exact) mass is 393 g/mol. The van der Waals surface area contributed by atoms with Crippen molar-refractivity contribution in [3.63, 3.8) is 0 Å². The van der Waals surface area contributed by atoms with Crippen LogP contribution in [0.25, 0.3) is 11.0 Å². The highest BCUT2D eigenvalue weighted by atomic mass is 35.5. The maximum Gasteiger partial charge on any atom is 0.475 e. The molecule has 0 radical (unpaired) electrons. The Kier molecular flexibility index (Phi) is 4.65. The Hall–Kier alpha value is -1.32. The van der Waals surface area contributed by atoms with Gasteiger partial charge in [-0.25, -0.2) is 0 Å². The molecule has 1 amide bonds. The minimum Gasteiger partial charge on any atom is -0.462 e. The SMILES string of the molecule is O=C(N[C@@H](Cc1coc2c(Cl)cccc12)B(O)O)[C@@H]1C[C@H]2CCC2(O)[SiH2]1. The van der Waals surface area contributed by atoms with Crippen LogP contribution >= 0.6 is 11.6 Å². The summed E-state index contributed by atoms with van der Waals surface area (Å²) in [4.78, 5) is 12.6. The average Bonchev–Trinajstić information content (AvgIpc) is 3.09. The first-order valence-electron chi connectivity index (χ1n) is 8.91. The van der Waals surface area contributed by atoms with Crippen molar-refractivity contribution in [2.75, 3.05) is 0 Å².